The number of pyridine rings is 1. The number of nitrogens with zero attached hydrogens (tertiary/aromatic N) is 4. The Kier molecular flexibility index (Phi) is 5.59. The molecule has 0 aliphatic rings. The number of aromatic amines is 1. The van der Waals surface area contributed by atoms with Crippen LogP contribution in [0.25, 0.3) is 10.9 Å². The van der Waals surface area contributed by atoms with Crippen molar-refractivity contribution in [1.82, 2.24) is 14.7 Å². The van der Waals surface area contributed by atoms with E-state index >= 15 is 0 Å². The van der Waals surface area contributed by atoms with Crippen LogP contribution in [0.2, 0.25) is 0 Å². The molecule has 0 spiro atoms. The molecule has 0 atom stereocenters. The van der Waals surface area contributed by atoms with Crippen molar-refractivity contribution in [3.8, 4) is 5.88 Å². The van der Waals surface area contributed by atoms with Gasteiger partial charge in [-0.15, -0.1) is 15.1 Å². The number of aromatic hydroxyl groups is 1. The highest BCUT2D eigenvalue weighted by Crippen LogP contribution is 2.39. The molecular formula is C20H16N6O2S. The molecule has 29 heavy (non-hydrogen) atoms. The average Bonchev–Trinajstić information content (AvgIpc) is 3.07. The quantitative estimate of drug-likeness (QED) is 0.202. The minimum absolute atomic E-state index is 0.0936. The van der Waals surface area contributed by atoms with Crippen molar-refractivity contribution in [2.24, 2.45) is 15.4 Å². The van der Waals surface area contributed by atoms with Crippen LogP contribution in [0.15, 0.2) is 87.2 Å². The van der Waals surface area contributed by atoms with E-state index in [2.05, 4.69) is 30.1 Å². The molecule has 2 aromatic carbocycles. The molecule has 0 radical (unpaired) electrons. The van der Waals surface area contributed by atoms with E-state index in [4.69, 9.17) is 0 Å². The average molecular weight is 404 g/mol. The van der Waals surface area contributed by atoms with E-state index in [0.717, 1.165) is 16.1 Å². The fourth-order valence-corrected chi connectivity index (χ4v) is 3.43. The van der Waals surface area contributed by atoms with Crippen LogP contribution in [0.3, 0.4) is 0 Å². The smallest absolute Gasteiger partial charge is 0.218 e. The standard InChI is InChI=1S/C20H16N6O2S/c27-20-19(25-24-17-6-1-2-7-18(17)26-28)15-11-14(8-9-16(15)23-20)29-22-12-13-5-3-4-10-21-13/h1-11,22-23,27H,12H2. The predicted molar refractivity (Wildman–Crippen MR) is 113 cm³/mol. The van der Waals surface area contributed by atoms with Crippen molar-refractivity contribution < 1.29 is 5.11 Å². The molecule has 3 N–H and O–H groups in total. The molecule has 4 aromatic rings. The summed E-state index contributed by atoms with van der Waals surface area (Å²) in [5.41, 5.74) is 2.49. The lowest BCUT2D eigenvalue weighted by Crippen LogP contribution is -2.04. The van der Waals surface area contributed by atoms with Gasteiger partial charge in [-0.25, -0.2) is 0 Å². The molecule has 0 saturated heterocycles. The summed E-state index contributed by atoms with van der Waals surface area (Å²) in [5.74, 6) is -0.0936. The van der Waals surface area contributed by atoms with E-state index in [9.17, 15) is 10.0 Å². The van der Waals surface area contributed by atoms with E-state index < -0.39 is 0 Å². The Balaban J connectivity index is 1.56. The van der Waals surface area contributed by atoms with E-state index in [1.807, 2.05) is 36.4 Å². The Labute approximate surface area is 170 Å². The van der Waals surface area contributed by atoms with Gasteiger partial charge in [0, 0.05) is 23.0 Å². The second kappa shape index (κ2) is 8.63. The maximum atomic E-state index is 10.9. The summed E-state index contributed by atoms with van der Waals surface area (Å²) >= 11 is 1.45. The minimum atomic E-state index is -0.0936. The molecule has 0 bridgehead atoms. The normalized spacial score (nSPS) is 11.3. The van der Waals surface area contributed by atoms with E-state index in [-0.39, 0.29) is 11.6 Å². The van der Waals surface area contributed by atoms with Gasteiger partial charge >= 0.3 is 0 Å². The topological polar surface area (TPSA) is 115 Å². The van der Waals surface area contributed by atoms with Crippen LogP contribution in [0.4, 0.5) is 17.1 Å². The Morgan fingerprint density at radius 1 is 1.03 bits per heavy atom. The zero-order valence-corrected chi connectivity index (χ0v) is 15.9. The molecule has 4 rings (SSSR count). The summed E-state index contributed by atoms with van der Waals surface area (Å²) in [5, 5.41) is 22.1. The van der Waals surface area contributed by atoms with Gasteiger partial charge in [0.25, 0.3) is 0 Å². The van der Waals surface area contributed by atoms with Gasteiger partial charge in [0.1, 0.15) is 11.4 Å². The number of nitrogens with one attached hydrogen (secondary N) is 2. The number of aromatic nitrogens is 2. The number of H-pyrrole nitrogens is 1. The molecular weight excluding hydrogens is 388 g/mol. The van der Waals surface area contributed by atoms with Gasteiger partial charge in [0.15, 0.2) is 5.69 Å². The largest absolute Gasteiger partial charge is 0.493 e. The summed E-state index contributed by atoms with van der Waals surface area (Å²) < 4.78 is 3.26. The molecule has 2 aromatic heterocycles. The number of hydrogen-bond acceptors (Lipinski definition) is 8. The zero-order valence-electron chi connectivity index (χ0n) is 15.1. The molecule has 0 unspecified atom stereocenters. The second-order valence-electron chi connectivity index (χ2n) is 6.05. The number of azo groups is 1. The number of rotatable bonds is 7. The van der Waals surface area contributed by atoms with Crippen molar-refractivity contribution in [1.29, 1.82) is 0 Å². The van der Waals surface area contributed by atoms with Crippen molar-refractivity contribution in [2.45, 2.75) is 11.4 Å². The Morgan fingerprint density at radius 3 is 2.66 bits per heavy atom. The summed E-state index contributed by atoms with van der Waals surface area (Å²) in [4.78, 5) is 19.0. The van der Waals surface area contributed by atoms with E-state index in [1.54, 1.807) is 30.5 Å². The fourth-order valence-electron chi connectivity index (χ4n) is 2.73. The van der Waals surface area contributed by atoms with Crippen LogP contribution >= 0.6 is 11.9 Å². The van der Waals surface area contributed by atoms with Crippen molar-refractivity contribution in [3.05, 3.63) is 77.5 Å². The van der Waals surface area contributed by atoms with Gasteiger partial charge in [0.05, 0.1) is 11.2 Å². The lowest BCUT2D eigenvalue weighted by molar-refractivity contribution is 0.459. The lowest BCUT2D eigenvalue weighted by atomic mass is 10.2. The summed E-state index contributed by atoms with van der Waals surface area (Å²) in [6.45, 7) is 0.615. The second-order valence-corrected chi connectivity index (χ2v) is 7.02. The van der Waals surface area contributed by atoms with Gasteiger partial charge in [-0.05, 0) is 59.6 Å². The first-order valence-corrected chi connectivity index (χ1v) is 9.54. The Morgan fingerprint density at radius 2 is 1.86 bits per heavy atom. The van der Waals surface area contributed by atoms with Gasteiger partial charge < -0.3 is 10.1 Å². The molecule has 144 valence electrons. The minimum Gasteiger partial charge on any atom is -0.493 e. The highest BCUT2D eigenvalue weighted by molar-refractivity contribution is 7.97. The van der Waals surface area contributed by atoms with Gasteiger partial charge in [0.2, 0.25) is 5.88 Å². The maximum absolute atomic E-state index is 10.9. The van der Waals surface area contributed by atoms with Gasteiger partial charge in [-0.1, -0.05) is 18.2 Å². The van der Waals surface area contributed by atoms with Crippen LogP contribution in [0.5, 0.6) is 5.88 Å². The molecule has 8 nitrogen and oxygen atoms in total. The third kappa shape index (κ3) is 4.31. The Bertz CT molecular complexity index is 1180. The van der Waals surface area contributed by atoms with Crippen LogP contribution in [-0.2, 0) is 6.54 Å². The van der Waals surface area contributed by atoms with Crippen LogP contribution < -0.4 is 4.72 Å². The fraction of sp³-hybridized carbons (Fsp3) is 0.0500. The van der Waals surface area contributed by atoms with Gasteiger partial charge in [-0.2, -0.15) is 0 Å². The van der Waals surface area contributed by atoms with Crippen LogP contribution in [0, 0.1) is 4.91 Å². The monoisotopic (exact) mass is 404 g/mol. The summed E-state index contributed by atoms with van der Waals surface area (Å²) in [6, 6.07) is 18.1. The molecule has 0 fully saturated rings. The highest BCUT2D eigenvalue weighted by Gasteiger charge is 2.12. The zero-order chi connectivity index (χ0) is 20.1. The molecule has 9 heteroatoms. The predicted octanol–water partition coefficient (Wildman–Crippen LogP) is 5.88. The summed E-state index contributed by atoms with van der Waals surface area (Å²) in [7, 11) is 0. The number of fused-ring (bicyclic) bond motifs is 1. The SMILES string of the molecule is O=Nc1ccccc1N=Nc1c(O)[nH]c2ccc(SNCc3ccccn3)cc12. The first-order chi connectivity index (χ1) is 14.2. The Hall–Kier alpha value is -3.56. The molecule has 0 amide bonds. The maximum Gasteiger partial charge on any atom is 0.218 e. The van der Waals surface area contributed by atoms with Crippen LogP contribution in [0.1, 0.15) is 5.69 Å². The van der Waals surface area contributed by atoms with Crippen LogP contribution in [-0.4, -0.2) is 15.1 Å². The first-order valence-electron chi connectivity index (χ1n) is 8.73. The summed E-state index contributed by atoms with van der Waals surface area (Å²) in [6.07, 6.45) is 1.76. The molecule has 0 saturated carbocycles. The van der Waals surface area contributed by atoms with Crippen molar-refractivity contribution >= 4 is 39.9 Å². The van der Waals surface area contributed by atoms with Crippen molar-refractivity contribution in [3.63, 3.8) is 0 Å². The number of nitroso groups, excluding NO2 is 1. The number of hydrogen-bond donors (Lipinski definition) is 3. The van der Waals surface area contributed by atoms with E-state index in [0.29, 0.717) is 23.3 Å². The third-order valence-corrected chi connectivity index (χ3v) is 4.91. The lowest BCUT2D eigenvalue weighted by Gasteiger charge is -2.04. The van der Waals surface area contributed by atoms with Crippen molar-refractivity contribution in [2.75, 3.05) is 0 Å². The highest BCUT2D eigenvalue weighted by atomic mass is 32.2. The molecule has 2 heterocycles. The molecule has 0 aliphatic heterocycles. The van der Waals surface area contributed by atoms with Gasteiger partial charge in [-0.3, -0.25) is 9.71 Å². The van der Waals surface area contributed by atoms with E-state index in [1.165, 1.54) is 11.9 Å². The molecule has 0 aliphatic carbocycles. The first kappa shape index (κ1) is 18.8. The number of benzene rings is 2. The third-order valence-electron chi connectivity index (χ3n) is 4.13.